The van der Waals surface area contributed by atoms with Crippen molar-refractivity contribution in [2.45, 2.75) is 19.5 Å². The number of carbonyl (C=O) groups is 1. The fourth-order valence-corrected chi connectivity index (χ4v) is 3.76. The molecule has 9 heteroatoms. The van der Waals surface area contributed by atoms with Crippen molar-refractivity contribution in [3.8, 4) is 11.1 Å². The van der Waals surface area contributed by atoms with Crippen molar-refractivity contribution in [2.75, 3.05) is 5.32 Å². The Labute approximate surface area is 162 Å². The SMILES string of the molecule is Cc1c(F)c(Cl)c(-c2ccn3nc(NC(=O)C4CC4F)cc3c2)c2cn[nH]c12. The molecule has 6 nitrogen and oxygen atoms in total. The molecule has 142 valence electrons. The topological polar surface area (TPSA) is 75.1 Å². The number of hydrogen-bond donors (Lipinski definition) is 2. The monoisotopic (exact) mass is 401 g/mol. The van der Waals surface area contributed by atoms with Crippen molar-refractivity contribution in [2.24, 2.45) is 5.92 Å². The molecule has 0 bridgehead atoms. The maximum absolute atomic E-state index is 14.6. The van der Waals surface area contributed by atoms with Gasteiger partial charge in [0.05, 0.1) is 28.2 Å². The number of alkyl halides is 1. The highest BCUT2D eigenvalue weighted by Crippen LogP contribution is 2.39. The standard InChI is InChI=1S/C19H14ClF2N5O/c1-8-17(22)16(20)15(12-7-23-25-18(8)12)9-2-3-27-10(4-9)5-14(26-27)24-19(28)11-6-13(11)21/h2-5,7,11,13H,6H2,1H3,(H,23,25)(H,24,26,28). The average molecular weight is 402 g/mol. The summed E-state index contributed by atoms with van der Waals surface area (Å²) in [5, 5.41) is 14.4. The maximum Gasteiger partial charge on any atom is 0.231 e. The molecule has 4 aromatic rings. The Hall–Kier alpha value is -3.00. The van der Waals surface area contributed by atoms with E-state index >= 15 is 0 Å². The lowest BCUT2D eigenvalue weighted by Crippen LogP contribution is -2.15. The molecule has 2 N–H and O–H groups in total. The third-order valence-corrected chi connectivity index (χ3v) is 5.43. The summed E-state index contributed by atoms with van der Waals surface area (Å²) in [6.07, 6.45) is 2.48. The van der Waals surface area contributed by atoms with Crippen LogP contribution in [0.3, 0.4) is 0 Å². The zero-order chi connectivity index (χ0) is 19.6. The van der Waals surface area contributed by atoms with Crippen molar-refractivity contribution in [3.05, 3.63) is 47.0 Å². The molecule has 5 rings (SSSR count). The average Bonchev–Trinajstić information content (AvgIpc) is 3.06. The van der Waals surface area contributed by atoms with Crippen LogP contribution in [0.5, 0.6) is 0 Å². The molecule has 0 aliphatic heterocycles. The number of halogens is 3. The van der Waals surface area contributed by atoms with Crippen LogP contribution in [0.15, 0.2) is 30.6 Å². The van der Waals surface area contributed by atoms with Gasteiger partial charge in [0.15, 0.2) is 5.82 Å². The van der Waals surface area contributed by atoms with E-state index in [1.165, 1.54) is 0 Å². The van der Waals surface area contributed by atoms with Crippen molar-refractivity contribution in [1.29, 1.82) is 0 Å². The number of hydrogen-bond acceptors (Lipinski definition) is 3. The molecular formula is C19H14ClF2N5O. The normalized spacial score (nSPS) is 18.7. The highest BCUT2D eigenvalue weighted by molar-refractivity contribution is 6.35. The Morgan fingerprint density at radius 1 is 1.43 bits per heavy atom. The minimum absolute atomic E-state index is 0.0199. The van der Waals surface area contributed by atoms with E-state index in [9.17, 15) is 13.6 Å². The van der Waals surface area contributed by atoms with Gasteiger partial charge in [-0.15, -0.1) is 0 Å². The Kier molecular flexibility index (Phi) is 3.67. The first-order chi connectivity index (χ1) is 13.4. The van der Waals surface area contributed by atoms with Gasteiger partial charge in [-0.1, -0.05) is 11.6 Å². The number of rotatable bonds is 3. The van der Waals surface area contributed by atoms with Crippen LogP contribution in [0.2, 0.25) is 5.02 Å². The van der Waals surface area contributed by atoms with Crippen molar-refractivity contribution < 1.29 is 13.6 Å². The second-order valence-corrected chi connectivity index (χ2v) is 7.33. The highest BCUT2D eigenvalue weighted by Gasteiger charge is 2.43. The number of anilines is 1. The fourth-order valence-electron chi connectivity index (χ4n) is 3.41. The van der Waals surface area contributed by atoms with Gasteiger partial charge < -0.3 is 5.32 Å². The number of carbonyl (C=O) groups excluding carboxylic acids is 1. The van der Waals surface area contributed by atoms with Gasteiger partial charge in [0.25, 0.3) is 0 Å². The second kappa shape index (κ2) is 6.00. The molecule has 1 amide bonds. The van der Waals surface area contributed by atoms with Crippen LogP contribution in [0, 0.1) is 18.7 Å². The minimum atomic E-state index is -1.07. The van der Waals surface area contributed by atoms with Crippen LogP contribution in [0.1, 0.15) is 12.0 Å². The van der Waals surface area contributed by atoms with Crippen LogP contribution < -0.4 is 5.32 Å². The number of nitrogens with one attached hydrogen (secondary N) is 2. The maximum atomic E-state index is 14.6. The smallest absolute Gasteiger partial charge is 0.231 e. The summed E-state index contributed by atoms with van der Waals surface area (Å²) in [7, 11) is 0. The molecule has 1 aliphatic carbocycles. The van der Waals surface area contributed by atoms with Crippen molar-refractivity contribution >= 4 is 39.7 Å². The molecule has 1 aromatic carbocycles. The molecule has 2 atom stereocenters. The summed E-state index contributed by atoms with van der Waals surface area (Å²) < 4.78 is 29.2. The third-order valence-electron chi connectivity index (χ3n) is 5.08. The lowest BCUT2D eigenvalue weighted by molar-refractivity contribution is -0.117. The van der Waals surface area contributed by atoms with Gasteiger partial charge in [0, 0.05) is 28.8 Å². The fraction of sp³-hybridized carbons (Fsp3) is 0.211. The molecule has 2 unspecified atom stereocenters. The number of nitrogens with zero attached hydrogens (tertiary/aromatic N) is 3. The molecule has 0 radical (unpaired) electrons. The molecule has 3 aromatic heterocycles. The summed E-state index contributed by atoms with van der Waals surface area (Å²) in [5.74, 6) is -1.14. The van der Waals surface area contributed by atoms with Crippen molar-refractivity contribution in [3.63, 3.8) is 0 Å². The van der Waals surface area contributed by atoms with E-state index in [0.717, 1.165) is 0 Å². The second-order valence-electron chi connectivity index (χ2n) is 6.95. The summed E-state index contributed by atoms with van der Waals surface area (Å²) >= 11 is 6.32. The molecule has 28 heavy (non-hydrogen) atoms. The Bertz CT molecular complexity index is 1260. The highest BCUT2D eigenvalue weighted by atomic mass is 35.5. The molecule has 1 fully saturated rings. The molecule has 0 spiro atoms. The van der Waals surface area contributed by atoms with Gasteiger partial charge in [0.2, 0.25) is 5.91 Å². The first-order valence-corrected chi connectivity index (χ1v) is 9.07. The molecule has 0 saturated heterocycles. The molecule has 3 heterocycles. The Morgan fingerprint density at radius 2 is 2.21 bits per heavy atom. The van der Waals surface area contributed by atoms with E-state index < -0.39 is 17.9 Å². The van der Waals surface area contributed by atoms with Crippen molar-refractivity contribution in [1.82, 2.24) is 19.8 Å². The van der Waals surface area contributed by atoms with Gasteiger partial charge >= 0.3 is 0 Å². The zero-order valence-corrected chi connectivity index (χ0v) is 15.4. The zero-order valence-electron chi connectivity index (χ0n) is 14.6. The van der Waals surface area contributed by atoms with E-state index in [0.29, 0.717) is 38.9 Å². The van der Waals surface area contributed by atoms with Crippen LogP contribution in [-0.4, -0.2) is 31.9 Å². The van der Waals surface area contributed by atoms with Gasteiger partial charge in [-0.2, -0.15) is 10.2 Å². The number of aromatic nitrogens is 4. The Morgan fingerprint density at radius 3 is 2.96 bits per heavy atom. The van der Waals surface area contributed by atoms with Crippen LogP contribution in [-0.2, 0) is 4.79 Å². The molecular weight excluding hydrogens is 388 g/mol. The summed E-state index contributed by atoms with van der Waals surface area (Å²) in [4.78, 5) is 11.9. The lowest BCUT2D eigenvalue weighted by Gasteiger charge is -2.10. The van der Waals surface area contributed by atoms with E-state index in [4.69, 9.17) is 11.6 Å². The molecule has 1 saturated carbocycles. The quantitative estimate of drug-likeness (QED) is 0.538. The van der Waals surface area contributed by atoms with Crippen LogP contribution in [0.25, 0.3) is 27.5 Å². The number of H-pyrrole nitrogens is 1. The number of benzene rings is 1. The first-order valence-electron chi connectivity index (χ1n) is 8.69. The predicted octanol–water partition coefficient (Wildman–Crippen LogP) is 4.28. The molecule has 1 aliphatic rings. The third kappa shape index (κ3) is 2.56. The largest absolute Gasteiger partial charge is 0.309 e. The van der Waals surface area contributed by atoms with Crippen LogP contribution in [0.4, 0.5) is 14.6 Å². The lowest BCUT2D eigenvalue weighted by atomic mass is 9.99. The minimum Gasteiger partial charge on any atom is -0.309 e. The van der Waals surface area contributed by atoms with Gasteiger partial charge in [-0.25, -0.2) is 13.3 Å². The van der Waals surface area contributed by atoms with Crippen LogP contribution >= 0.6 is 11.6 Å². The van der Waals surface area contributed by atoms with E-state index in [1.54, 1.807) is 42.0 Å². The van der Waals surface area contributed by atoms with E-state index in [-0.39, 0.29) is 17.4 Å². The van der Waals surface area contributed by atoms with E-state index in [2.05, 4.69) is 20.6 Å². The van der Waals surface area contributed by atoms with E-state index in [1.807, 2.05) is 0 Å². The summed E-state index contributed by atoms with van der Waals surface area (Å²) in [6.45, 7) is 1.64. The first kappa shape index (κ1) is 17.1. The number of aromatic amines is 1. The predicted molar refractivity (Wildman–Crippen MR) is 102 cm³/mol. The van der Waals surface area contributed by atoms with Gasteiger partial charge in [-0.3, -0.25) is 9.89 Å². The summed E-state index contributed by atoms with van der Waals surface area (Å²) in [6, 6.07) is 5.22. The van der Waals surface area contributed by atoms with Gasteiger partial charge in [-0.05, 0) is 31.0 Å². The summed E-state index contributed by atoms with van der Waals surface area (Å²) in [5.41, 5.74) is 2.88. The number of aryl methyl sites for hydroxylation is 1. The Balaban J connectivity index is 1.58. The number of amides is 1. The number of pyridine rings is 1. The number of fused-ring (bicyclic) bond motifs is 2. The van der Waals surface area contributed by atoms with Gasteiger partial charge in [0.1, 0.15) is 12.0 Å².